The Balaban J connectivity index is 2.70. The Hall–Kier alpha value is -1.50. The predicted octanol–water partition coefficient (Wildman–Crippen LogP) is 1.69. The van der Waals surface area contributed by atoms with E-state index in [4.69, 9.17) is 15.4 Å². The van der Waals surface area contributed by atoms with E-state index < -0.39 is 11.9 Å². The normalized spacial score (nSPS) is 13.4. The van der Waals surface area contributed by atoms with E-state index >= 15 is 0 Å². The molecule has 0 aliphatic rings. The van der Waals surface area contributed by atoms with Crippen LogP contribution >= 0.6 is 15.9 Å². The summed E-state index contributed by atoms with van der Waals surface area (Å²) in [6.07, 6.45) is 1.38. The summed E-state index contributed by atoms with van der Waals surface area (Å²) in [7, 11) is 0. The molecule has 0 aromatic carbocycles. The van der Waals surface area contributed by atoms with Crippen molar-refractivity contribution in [2.75, 3.05) is 0 Å². The Morgan fingerprint density at radius 3 is 2.88 bits per heavy atom. The molecule has 1 aromatic heterocycles. The summed E-state index contributed by atoms with van der Waals surface area (Å²) in [5.41, 5.74) is 5.48. The van der Waals surface area contributed by atoms with Crippen molar-refractivity contribution >= 4 is 27.7 Å². The Kier molecular flexibility index (Phi) is 5.02. The molecule has 0 aliphatic heterocycles. The molecule has 0 fully saturated rings. The van der Waals surface area contributed by atoms with E-state index in [0.717, 1.165) is 6.42 Å². The van der Waals surface area contributed by atoms with Gasteiger partial charge in [0.25, 0.3) is 5.91 Å². The molecule has 7 heteroatoms. The van der Waals surface area contributed by atoms with E-state index in [1.807, 2.05) is 6.92 Å². The van der Waals surface area contributed by atoms with Gasteiger partial charge in [-0.15, -0.1) is 0 Å². The Labute approximate surface area is 107 Å². The zero-order valence-electron chi connectivity index (χ0n) is 9.31. The van der Waals surface area contributed by atoms with Crippen molar-refractivity contribution in [3.8, 4) is 0 Å². The van der Waals surface area contributed by atoms with E-state index in [-0.39, 0.29) is 11.6 Å². The van der Waals surface area contributed by atoms with Gasteiger partial charge >= 0.3 is 0 Å². The molecule has 17 heavy (non-hydrogen) atoms. The molecule has 0 saturated heterocycles. The predicted molar refractivity (Wildman–Crippen MR) is 66.0 cm³/mol. The summed E-state index contributed by atoms with van der Waals surface area (Å²) in [4.78, 5) is 11.7. The maximum absolute atomic E-state index is 11.7. The van der Waals surface area contributed by atoms with Crippen LogP contribution in [0.4, 0.5) is 0 Å². The van der Waals surface area contributed by atoms with Crippen LogP contribution < -0.4 is 11.1 Å². The van der Waals surface area contributed by atoms with Crippen LogP contribution in [0.5, 0.6) is 0 Å². The first kappa shape index (κ1) is 13.6. The SMILES string of the molecule is CCCC(NC(=O)c1ccc(Br)o1)/C(N)=N/O. The first-order valence-corrected chi connectivity index (χ1v) is 5.91. The summed E-state index contributed by atoms with van der Waals surface area (Å²) in [6, 6.07) is 2.66. The van der Waals surface area contributed by atoms with E-state index in [9.17, 15) is 4.79 Å². The van der Waals surface area contributed by atoms with Gasteiger partial charge in [0.1, 0.15) is 0 Å². The third-order valence-electron chi connectivity index (χ3n) is 2.15. The van der Waals surface area contributed by atoms with Gasteiger partial charge in [-0.2, -0.15) is 0 Å². The second-order valence-electron chi connectivity index (χ2n) is 3.44. The van der Waals surface area contributed by atoms with Gasteiger partial charge in [0, 0.05) is 0 Å². The number of amides is 1. The molecular formula is C10H14BrN3O3. The monoisotopic (exact) mass is 303 g/mol. The second-order valence-corrected chi connectivity index (χ2v) is 4.22. The minimum atomic E-state index is -0.499. The third kappa shape index (κ3) is 3.77. The highest BCUT2D eigenvalue weighted by Crippen LogP contribution is 2.14. The largest absolute Gasteiger partial charge is 0.444 e. The smallest absolute Gasteiger partial charge is 0.287 e. The lowest BCUT2D eigenvalue weighted by Crippen LogP contribution is -2.44. The average Bonchev–Trinajstić information content (AvgIpc) is 2.74. The van der Waals surface area contributed by atoms with Gasteiger partial charge < -0.3 is 20.7 Å². The lowest BCUT2D eigenvalue weighted by molar-refractivity contribution is 0.0915. The van der Waals surface area contributed by atoms with E-state index in [2.05, 4.69) is 26.4 Å². The number of nitrogens with two attached hydrogens (primary N) is 1. The zero-order chi connectivity index (χ0) is 12.8. The number of hydrogen-bond acceptors (Lipinski definition) is 4. The Morgan fingerprint density at radius 1 is 1.71 bits per heavy atom. The molecule has 1 heterocycles. The highest BCUT2D eigenvalue weighted by atomic mass is 79.9. The van der Waals surface area contributed by atoms with Crippen LogP contribution in [-0.2, 0) is 0 Å². The number of nitrogens with zero attached hydrogens (tertiary/aromatic N) is 1. The lowest BCUT2D eigenvalue weighted by atomic mass is 10.1. The summed E-state index contributed by atoms with van der Waals surface area (Å²) < 4.78 is 5.57. The maximum atomic E-state index is 11.7. The molecule has 1 rings (SSSR count). The molecule has 0 saturated carbocycles. The topological polar surface area (TPSA) is 101 Å². The Bertz CT molecular complexity index is 417. The van der Waals surface area contributed by atoms with E-state index in [1.165, 1.54) is 6.07 Å². The van der Waals surface area contributed by atoms with Crippen molar-refractivity contribution < 1.29 is 14.4 Å². The number of carbonyl (C=O) groups excluding carboxylic acids is 1. The van der Waals surface area contributed by atoms with Crippen LogP contribution in [0.1, 0.15) is 30.3 Å². The van der Waals surface area contributed by atoms with Crippen molar-refractivity contribution in [3.05, 3.63) is 22.6 Å². The molecule has 0 radical (unpaired) electrons. The number of halogens is 1. The first-order chi connectivity index (χ1) is 8.08. The summed E-state index contributed by atoms with van der Waals surface area (Å²) in [6.45, 7) is 1.94. The lowest BCUT2D eigenvalue weighted by Gasteiger charge is -2.15. The number of carbonyl (C=O) groups is 1. The molecule has 6 nitrogen and oxygen atoms in total. The number of nitrogens with one attached hydrogen (secondary N) is 1. The summed E-state index contributed by atoms with van der Waals surface area (Å²) in [5, 5.41) is 14.1. The van der Waals surface area contributed by atoms with Crippen LogP contribution in [0.3, 0.4) is 0 Å². The average molecular weight is 304 g/mol. The van der Waals surface area contributed by atoms with Gasteiger partial charge in [-0.05, 0) is 34.5 Å². The molecular weight excluding hydrogens is 290 g/mol. The van der Waals surface area contributed by atoms with Gasteiger partial charge in [-0.25, -0.2) is 0 Å². The molecule has 0 bridgehead atoms. The van der Waals surface area contributed by atoms with Crippen molar-refractivity contribution in [3.63, 3.8) is 0 Å². The molecule has 1 unspecified atom stereocenters. The van der Waals surface area contributed by atoms with Crippen LogP contribution in [-0.4, -0.2) is 23.0 Å². The minimum Gasteiger partial charge on any atom is -0.444 e. The first-order valence-electron chi connectivity index (χ1n) is 5.12. The fraction of sp³-hybridized carbons (Fsp3) is 0.400. The van der Waals surface area contributed by atoms with Crippen molar-refractivity contribution in [1.29, 1.82) is 0 Å². The van der Waals surface area contributed by atoms with Gasteiger partial charge in [0.15, 0.2) is 16.3 Å². The number of oxime groups is 1. The number of rotatable bonds is 5. The standard InChI is InChI=1S/C10H14BrN3O3/c1-2-3-6(9(12)14-16)13-10(15)7-4-5-8(11)17-7/h4-6,16H,2-3H2,1H3,(H2,12,14)(H,13,15). The molecule has 94 valence electrons. The zero-order valence-corrected chi connectivity index (χ0v) is 10.9. The minimum absolute atomic E-state index is 0.0224. The molecule has 0 aliphatic carbocycles. The van der Waals surface area contributed by atoms with Gasteiger partial charge in [0.05, 0.1) is 6.04 Å². The second kappa shape index (κ2) is 6.29. The maximum Gasteiger partial charge on any atom is 0.287 e. The van der Waals surface area contributed by atoms with Gasteiger partial charge in [0.2, 0.25) is 0 Å². The molecule has 1 amide bonds. The van der Waals surface area contributed by atoms with Gasteiger partial charge in [-0.1, -0.05) is 18.5 Å². The summed E-state index contributed by atoms with van der Waals surface area (Å²) >= 11 is 3.10. The van der Waals surface area contributed by atoms with Crippen LogP contribution in [0.2, 0.25) is 0 Å². The highest BCUT2D eigenvalue weighted by molar-refractivity contribution is 9.10. The van der Waals surface area contributed by atoms with Crippen molar-refractivity contribution in [2.24, 2.45) is 10.9 Å². The summed E-state index contributed by atoms with van der Waals surface area (Å²) in [5.74, 6) is -0.254. The van der Waals surface area contributed by atoms with Gasteiger partial charge in [-0.3, -0.25) is 4.79 Å². The number of hydrogen-bond donors (Lipinski definition) is 3. The van der Waals surface area contributed by atoms with Crippen LogP contribution in [0.25, 0.3) is 0 Å². The van der Waals surface area contributed by atoms with Crippen molar-refractivity contribution in [2.45, 2.75) is 25.8 Å². The molecule has 0 spiro atoms. The quantitative estimate of drug-likeness (QED) is 0.333. The van der Waals surface area contributed by atoms with E-state index in [0.29, 0.717) is 11.1 Å². The number of amidine groups is 1. The highest BCUT2D eigenvalue weighted by Gasteiger charge is 2.19. The number of furan rings is 1. The fourth-order valence-corrected chi connectivity index (χ4v) is 1.62. The Morgan fingerprint density at radius 2 is 2.41 bits per heavy atom. The van der Waals surface area contributed by atoms with Crippen LogP contribution in [0, 0.1) is 0 Å². The van der Waals surface area contributed by atoms with E-state index in [1.54, 1.807) is 6.07 Å². The molecule has 1 aromatic rings. The van der Waals surface area contributed by atoms with Crippen LogP contribution in [0.15, 0.2) is 26.4 Å². The fourth-order valence-electron chi connectivity index (χ4n) is 1.32. The molecule has 1 atom stereocenters. The molecule has 4 N–H and O–H groups in total. The third-order valence-corrected chi connectivity index (χ3v) is 2.58. The van der Waals surface area contributed by atoms with Crippen molar-refractivity contribution in [1.82, 2.24) is 5.32 Å².